The van der Waals surface area contributed by atoms with Gasteiger partial charge < -0.3 is 44.8 Å². The number of carbonyl (C=O) groups is 1. The number of hydrogen-bond acceptors (Lipinski definition) is 10. The second-order valence-electron chi connectivity index (χ2n) is 7.84. The Morgan fingerprint density at radius 1 is 1.06 bits per heavy atom. The summed E-state index contributed by atoms with van der Waals surface area (Å²) in [6, 6.07) is 5.51. The van der Waals surface area contributed by atoms with Gasteiger partial charge in [0.1, 0.15) is 41.1 Å². The Labute approximate surface area is 182 Å². The first-order chi connectivity index (χ1) is 15.2. The minimum atomic E-state index is -1.33. The van der Waals surface area contributed by atoms with Crippen molar-refractivity contribution < 1.29 is 49.6 Å². The van der Waals surface area contributed by atoms with Gasteiger partial charge in [-0.25, -0.2) is 0 Å². The Morgan fingerprint density at radius 3 is 2.47 bits per heavy atom. The Hall–Kier alpha value is -3.05. The van der Waals surface area contributed by atoms with Crippen LogP contribution in [0, 0.1) is 0 Å². The maximum atomic E-state index is 12.9. The normalized spacial score (nSPS) is 27.5. The van der Waals surface area contributed by atoms with Crippen LogP contribution in [0.2, 0.25) is 0 Å². The minimum absolute atomic E-state index is 0.0120. The van der Waals surface area contributed by atoms with E-state index in [2.05, 4.69) is 0 Å². The van der Waals surface area contributed by atoms with E-state index in [1.54, 1.807) is 6.07 Å². The topological polar surface area (TPSA) is 166 Å². The summed E-state index contributed by atoms with van der Waals surface area (Å²) >= 11 is 0. The number of aromatic hydroxyl groups is 3. The fourth-order valence-electron chi connectivity index (χ4n) is 4.19. The van der Waals surface area contributed by atoms with Gasteiger partial charge in [0.25, 0.3) is 0 Å². The molecule has 4 unspecified atom stereocenters. The van der Waals surface area contributed by atoms with Crippen LogP contribution in [0.25, 0.3) is 0 Å². The molecule has 2 aromatic carbocycles. The summed E-state index contributed by atoms with van der Waals surface area (Å²) in [6.45, 7) is -0.580. The lowest BCUT2D eigenvalue weighted by molar-refractivity contribution is -0.182. The maximum Gasteiger partial charge on any atom is 0.174 e. The number of carbonyl (C=O) groups excluding carboxylic acids is 1. The lowest BCUT2D eigenvalue weighted by Gasteiger charge is -2.38. The maximum absolute atomic E-state index is 12.9. The molecule has 10 nitrogen and oxygen atoms in total. The number of ether oxygens (including phenoxy) is 3. The Balaban J connectivity index is 1.77. The second kappa shape index (κ2) is 8.47. The van der Waals surface area contributed by atoms with E-state index in [0.29, 0.717) is 5.56 Å². The molecule has 5 atom stereocenters. The van der Waals surface area contributed by atoms with Crippen LogP contribution in [0.1, 0.15) is 46.5 Å². The number of ketones is 1. The molecule has 0 amide bonds. The molecule has 32 heavy (non-hydrogen) atoms. The molecule has 2 aliphatic heterocycles. The van der Waals surface area contributed by atoms with Crippen LogP contribution in [0.4, 0.5) is 0 Å². The number of benzene rings is 2. The van der Waals surface area contributed by atoms with Crippen molar-refractivity contribution in [2.75, 3.05) is 13.7 Å². The zero-order valence-corrected chi connectivity index (χ0v) is 17.1. The number of rotatable bonds is 4. The van der Waals surface area contributed by atoms with Gasteiger partial charge in [0, 0.05) is 12.5 Å². The van der Waals surface area contributed by atoms with Crippen LogP contribution in [0.3, 0.4) is 0 Å². The van der Waals surface area contributed by atoms with Crippen molar-refractivity contribution >= 4 is 5.78 Å². The highest BCUT2D eigenvalue weighted by atomic mass is 16.5. The molecule has 0 aliphatic carbocycles. The average Bonchev–Trinajstić information content (AvgIpc) is 2.75. The molecule has 4 rings (SSSR count). The summed E-state index contributed by atoms with van der Waals surface area (Å²) in [5.74, 6) is -1.39. The van der Waals surface area contributed by atoms with Crippen LogP contribution >= 0.6 is 0 Å². The van der Waals surface area contributed by atoms with Gasteiger partial charge in [0.05, 0.1) is 37.9 Å². The van der Waals surface area contributed by atoms with Gasteiger partial charge in [0.2, 0.25) is 0 Å². The van der Waals surface area contributed by atoms with E-state index in [4.69, 9.17) is 14.2 Å². The number of aliphatic hydroxyl groups is 3. The van der Waals surface area contributed by atoms with Gasteiger partial charge in [-0.2, -0.15) is 0 Å². The van der Waals surface area contributed by atoms with Gasteiger partial charge >= 0.3 is 0 Å². The molecule has 2 heterocycles. The fraction of sp³-hybridized carbons (Fsp3) is 0.409. The van der Waals surface area contributed by atoms with Crippen LogP contribution in [0.15, 0.2) is 24.3 Å². The zero-order chi connectivity index (χ0) is 23.2. The van der Waals surface area contributed by atoms with Gasteiger partial charge in [-0.15, -0.1) is 0 Å². The number of methoxy groups -OCH3 is 1. The van der Waals surface area contributed by atoms with E-state index in [0.717, 1.165) is 6.07 Å². The molecule has 0 spiro atoms. The van der Waals surface area contributed by atoms with Crippen molar-refractivity contribution in [3.05, 3.63) is 41.0 Å². The first-order valence-electron chi connectivity index (χ1n) is 10.0. The molecular formula is C22H24O10. The van der Waals surface area contributed by atoms with E-state index in [1.165, 1.54) is 19.2 Å². The van der Waals surface area contributed by atoms with Crippen molar-refractivity contribution in [2.24, 2.45) is 0 Å². The van der Waals surface area contributed by atoms with Crippen molar-refractivity contribution in [3.8, 4) is 28.7 Å². The Morgan fingerprint density at radius 2 is 1.81 bits per heavy atom. The van der Waals surface area contributed by atoms with Gasteiger partial charge in [-0.3, -0.25) is 4.79 Å². The number of Topliss-reactive ketones (excluding diaryl/α,β-unsaturated/α-hetero) is 1. The van der Waals surface area contributed by atoms with E-state index in [1.807, 2.05) is 0 Å². The van der Waals surface area contributed by atoms with Crippen molar-refractivity contribution in [2.45, 2.75) is 43.4 Å². The first kappa shape index (κ1) is 22.2. The number of aliphatic hydroxyl groups excluding tert-OH is 3. The van der Waals surface area contributed by atoms with Crippen LogP contribution in [0.5, 0.6) is 28.7 Å². The minimum Gasteiger partial charge on any atom is -0.507 e. The highest BCUT2D eigenvalue weighted by Crippen LogP contribution is 2.50. The van der Waals surface area contributed by atoms with E-state index < -0.39 is 54.4 Å². The van der Waals surface area contributed by atoms with Crippen molar-refractivity contribution in [1.82, 2.24) is 0 Å². The SMILES string of the molecule is COc1ccc(C2CC(=O)c3c(O)cc(O)c(C4CC(O)[C@H](O)C(CO)O4)c3O2)cc1O. The molecule has 172 valence electrons. The standard InChI is InChI=1S/C22H24O10/c1-30-15-3-2-9(4-10(15)24)16-6-13(27)19-11(25)5-12(26)20(22(19)32-16)17-7-14(28)21(29)18(8-23)31-17/h2-5,14,16-18,21,23-26,28-29H,6-8H2,1H3/t14?,16?,17?,18?,21-/m0/s1. The Bertz CT molecular complexity index is 1040. The summed E-state index contributed by atoms with van der Waals surface area (Å²) in [7, 11) is 1.40. The molecule has 6 N–H and O–H groups in total. The molecule has 0 aromatic heterocycles. The van der Waals surface area contributed by atoms with Crippen molar-refractivity contribution in [1.29, 1.82) is 0 Å². The molecule has 10 heteroatoms. The third kappa shape index (κ3) is 3.71. The summed E-state index contributed by atoms with van der Waals surface area (Å²) in [5, 5.41) is 60.7. The molecule has 2 aromatic rings. The van der Waals surface area contributed by atoms with Crippen LogP contribution < -0.4 is 9.47 Å². The smallest absolute Gasteiger partial charge is 0.174 e. The molecule has 0 bridgehead atoms. The van der Waals surface area contributed by atoms with Gasteiger partial charge in [-0.1, -0.05) is 6.07 Å². The molecule has 0 radical (unpaired) electrons. The summed E-state index contributed by atoms with van der Waals surface area (Å²) in [4.78, 5) is 12.9. The number of phenols is 3. The predicted molar refractivity (Wildman–Crippen MR) is 108 cm³/mol. The average molecular weight is 448 g/mol. The molecule has 1 fully saturated rings. The first-order valence-corrected chi connectivity index (χ1v) is 10.0. The number of fused-ring (bicyclic) bond motifs is 1. The predicted octanol–water partition coefficient (Wildman–Crippen LogP) is 1.06. The number of hydrogen-bond donors (Lipinski definition) is 6. The zero-order valence-electron chi connectivity index (χ0n) is 17.1. The largest absolute Gasteiger partial charge is 0.507 e. The third-order valence-electron chi connectivity index (χ3n) is 5.83. The Kier molecular flexibility index (Phi) is 5.87. The van der Waals surface area contributed by atoms with E-state index >= 15 is 0 Å². The van der Waals surface area contributed by atoms with E-state index in [9.17, 15) is 35.4 Å². The second-order valence-corrected chi connectivity index (χ2v) is 7.84. The van der Waals surface area contributed by atoms with Crippen LogP contribution in [-0.4, -0.2) is 68.5 Å². The summed E-state index contributed by atoms with van der Waals surface area (Å²) < 4.78 is 16.7. The summed E-state index contributed by atoms with van der Waals surface area (Å²) in [6.07, 6.45) is -5.87. The lowest BCUT2D eigenvalue weighted by atomic mass is 9.88. The molecule has 1 saturated heterocycles. The summed E-state index contributed by atoms with van der Waals surface area (Å²) in [5.41, 5.74) is 0.332. The fourth-order valence-corrected chi connectivity index (χ4v) is 4.19. The molecular weight excluding hydrogens is 424 g/mol. The third-order valence-corrected chi connectivity index (χ3v) is 5.83. The highest BCUT2D eigenvalue weighted by molar-refractivity contribution is 6.03. The number of phenolic OH excluding ortho intramolecular Hbond substituents is 3. The van der Waals surface area contributed by atoms with Crippen LogP contribution in [-0.2, 0) is 4.74 Å². The van der Waals surface area contributed by atoms with Gasteiger partial charge in [-0.05, 0) is 17.7 Å². The lowest BCUT2D eigenvalue weighted by Crippen LogP contribution is -2.47. The molecule has 0 saturated carbocycles. The quantitative estimate of drug-likeness (QED) is 0.398. The molecule has 2 aliphatic rings. The monoisotopic (exact) mass is 448 g/mol. The van der Waals surface area contributed by atoms with Gasteiger partial charge in [0.15, 0.2) is 17.3 Å². The van der Waals surface area contributed by atoms with E-state index in [-0.39, 0.29) is 41.2 Å². The highest BCUT2D eigenvalue weighted by Gasteiger charge is 2.42. The van der Waals surface area contributed by atoms with Crippen molar-refractivity contribution in [3.63, 3.8) is 0 Å².